The first-order valence-corrected chi connectivity index (χ1v) is 8.31. The summed E-state index contributed by atoms with van der Waals surface area (Å²) in [5, 5.41) is 17.4. The number of amides is 1. The molecule has 0 radical (unpaired) electrons. The van der Waals surface area contributed by atoms with E-state index in [4.69, 9.17) is 10.5 Å². The fraction of sp³-hybridized carbons (Fsp3) is 0.176. The molecule has 3 aromatic rings. The summed E-state index contributed by atoms with van der Waals surface area (Å²) >= 11 is 1.64. The van der Waals surface area contributed by atoms with E-state index < -0.39 is 5.91 Å². The summed E-state index contributed by atoms with van der Waals surface area (Å²) in [7, 11) is 0. The van der Waals surface area contributed by atoms with Crippen LogP contribution in [0.1, 0.15) is 11.3 Å². The van der Waals surface area contributed by atoms with Crippen LogP contribution in [0.3, 0.4) is 0 Å². The number of ether oxygens (including phenoxy) is 1. The second kappa shape index (κ2) is 7.29. The molecule has 0 unspecified atom stereocenters. The van der Waals surface area contributed by atoms with Gasteiger partial charge in [-0.1, -0.05) is 24.3 Å². The van der Waals surface area contributed by atoms with Crippen molar-refractivity contribution in [2.24, 2.45) is 5.73 Å². The summed E-state index contributed by atoms with van der Waals surface area (Å²) < 4.78 is 7.19. The molecule has 6 nitrogen and oxygen atoms in total. The maximum absolute atomic E-state index is 11.1. The molecule has 0 fully saturated rings. The van der Waals surface area contributed by atoms with Crippen molar-refractivity contribution in [2.45, 2.75) is 19.8 Å². The monoisotopic (exact) mass is 343 g/mol. The summed E-state index contributed by atoms with van der Waals surface area (Å²) in [5.41, 5.74) is 8.91. The zero-order valence-electron chi connectivity index (χ0n) is 12.9. The third kappa shape index (κ3) is 3.64. The maximum atomic E-state index is 11.1. The zero-order chi connectivity index (χ0) is 16.9. The standard InChI is InChI=1S/C17H17N3O3S/c18-16(22)8-20-17(7-14(9-21)19-20)23-10-12-3-1-2-4-15(12)13-5-6-24-11-13/h1-7,11,21H,8-10H2,(H2,18,22). The van der Waals surface area contributed by atoms with Crippen LogP contribution >= 0.6 is 11.3 Å². The lowest BCUT2D eigenvalue weighted by molar-refractivity contribution is -0.118. The molecule has 1 amide bonds. The Balaban J connectivity index is 1.82. The maximum Gasteiger partial charge on any atom is 0.239 e. The number of thiophene rings is 1. The lowest BCUT2D eigenvalue weighted by Crippen LogP contribution is -2.20. The van der Waals surface area contributed by atoms with E-state index in [0.29, 0.717) is 18.2 Å². The van der Waals surface area contributed by atoms with Gasteiger partial charge in [-0.3, -0.25) is 4.79 Å². The molecule has 124 valence electrons. The van der Waals surface area contributed by atoms with E-state index >= 15 is 0 Å². The molecule has 0 aliphatic heterocycles. The van der Waals surface area contributed by atoms with Crippen LogP contribution < -0.4 is 10.5 Å². The van der Waals surface area contributed by atoms with Gasteiger partial charge in [-0.25, -0.2) is 4.68 Å². The van der Waals surface area contributed by atoms with Gasteiger partial charge in [0.15, 0.2) is 0 Å². The van der Waals surface area contributed by atoms with Crippen LogP contribution in [0.25, 0.3) is 11.1 Å². The number of aliphatic hydroxyl groups is 1. The van der Waals surface area contributed by atoms with Crippen LogP contribution in [0.2, 0.25) is 0 Å². The summed E-state index contributed by atoms with van der Waals surface area (Å²) in [6.45, 7) is -0.00350. The van der Waals surface area contributed by atoms with E-state index in [1.807, 2.05) is 29.6 Å². The van der Waals surface area contributed by atoms with Crippen molar-refractivity contribution in [2.75, 3.05) is 0 Å². The molecule has 2 heterocycles. The zero-order valence-corrected chi connectivity index (χ0v) is 13.7. The minimum atomic E-state index is -0.522. The van der Waals surface area contributed by atoms with Crippen LogP contribution in [0.15, 0.2) is 47.2 Å². The number of nitrogens with two attached hydrogens (primary N) is 1. The smallest absolute Gasteiger partial charge is 0.239 e. The fourth-order valence-corrected chi connectivity index (χ4v) is 3.06. The van der Waals surface area contributed by atoms with Crippen molar-refractivity contribution < 1.29 is 14.6 Å². The van der Waals surface area contributed by atoms with E-state index in [-0.39, 0.29) is 13.2 Å². The quantitative estimate of drug-likeness (QED) is 0.688. The molecule has 0 aliphatic carbocycles. The molecule has 3 rings (SSSR count). The van der Waals surface area contributed by atoms with Gasteiger partial charge in [-0.2, -0.15) is 16.4 Å². The van der Waals surface area contributed by atoms with Crippen molar-refractivity contribution in [3.05, 3.63) is 58.4 Å². The normalized spacial score (nSPS) is 10.7. The van der Waals surface area contributed by atoms with E-state index in [0.717, 1.165) is 16.7 Å². The Labute approximate surface area is 143 Å². The van der Waals surface area contributed by atoms with Gasteiger partial charge in [0.05, 0.1) is 12.3 Å². The molecule has 7 heteroatoms. The summed E-state index contributed by atoms with van der Waals surface area (Å²) in [5.74, 6) is -0.121. The van der Waals surface area contributed by atoms with Crippen molar-refractivity contribution in [1.82, 2.24) is 9.78 Å². The molecule has 1 aromatic carbocycles. The van der Waals surface area contributed by atoms with Crippen LogP contribution in [0.5, 0.6) is 5.88 Å². The number of carbonyl (C=O) groups excluding carboxylic acids is 1. The largest absolute Gasteiger partial charge is 0.473 e. The summed E-state index contributed by atoms with van der Waals surface area (Å²) in [4.78, 5) is 11.1. The Morgan fingerprint density at radius 2 is 2.17 bits per heavy atom. The first kappa shape index (κ1) is 16.2. The highest BCUT2D eigenvalue weighted by Crippen LogP contribution is 2.27. The van der Waals surface area contributed by atoms with Crippen molar-refractivity contribution in [3.8, 4) is 17.0 Å². The Morgan fingerprint density at radius 1 is 1.33 bits per heavy atom. The minimum absolute atomic E-state index is 0.0957. The van der Waals surface area contributed by atoms with E-state index in [2.05, 4.69) is 16.5 Å². The first-order valence-electron chi connectivity index (χ1n) is 7.36. The number of hydrogen-bond donors (Lipinski definition) is 2. The van der Waals surface area contributed by atoms with Crippen LogP contribution in [0, 0.1) is 0 Å². The minimum Gasteiger partial charge on any atom is -0.473 e. The van der Waals surface area contributed by atoms with Gasteiger partial charge in [0.1, 0.15) is 13.2 Å². The van der Waals surface area contributed by atoms with Crippen LogP contribution in [-0.2, 0) is 24.6 Å². The number of aliphatic hydroxyl groups excluding tert-OH is 1. The Bertz CT molecular complexity index is 827. The third-order valence-electron chi connectivity index (χ3n) is 3.49. The molecule has 0 saturated heterocycles. The molecular formula is C17H17N3O3S. The fourth-order valence-electron chi connectivity index (χ4n) is 2.40. The average Bonchev–Trinajstić information content (AvgIpc) is 3.22. The number of benzene rings is 1. The molecule has 0 aliphatic rings. The second-order valence-corrected chi connectivity index (χ2v) is 5.99. The lowest BCUT2D eigenvalue weighted by atomic mass is 10.0. The van der Waals surface area contributed by atoms with Gasteiger partial charge in [-0.15, -0.1) is 0 Å². The third-order valence-corrected chi connectivity index (χ3v) is 4.17. The molecule has 2 aromatic heterocycles. The predicted molar refractivity (Wildman–Crippen MR) is 91.4 cm³/mol. The van der Waals surface area contributed by atoms with Gasteiger partial charge in [0.2, 0.25) is 11.8 Å². The highest BCUT2D eigenvalue weighted by Gasteiger charge is 2.12. The molecule has 0 atom stereocenters. The number of nitrogens with zero attached hydrogens (tertiary/aromatic N) is 2. The van der Waals surface area contributed by atoms with Crippen molar-refractivity contribution >= 4 is 17.2 Å². The van der Waals surface area contributed by atoms with Gasteiger partial charge in [-0.05, 0) is 33.5 Å². The predicted octanol–water partition coefficient (Wildman–Crippen LogP) is 2.17. The molecule has 0 saturated carbocycles. The Morgan fingerprint density at radius 3 is 2.88 bits per heavy atom. The number of carbonyl (C=O) groups is 1. The number of rotatable bonds is 7. The van der Waals surface area contributed by atoms with Crippen LogP contribution in [-0.4, -0.2) is 20.8 Å². The molecule has 0 bridgehead atoms. The summed E-state index contributed by atoms with van der Waals surface area (Å²) in [6, 6.07) is 11.6. The lowest BCUT2D eigenvalue weighted by Gasteiger charge is -2.11. The van der Waals surface area contributed by atoms with Crippen LogP contribution in [0.4, 0.5) is 0 Å². The second-order valence-electron chi connectivity index (χ2n) is 5.21. The Kier molecular flexibility index (Phi) is 4.93. The van der Waals surface area contributed by atoms with Gasteiger partial charge < -0.3 is 15.6 Å². The Hall–Kier alpha value is -2.64. The number of hydrogen-bond acceptors (Lipinski definition) is 5. The van der Waals surface area contributed by atoms with Crippen molar-refractivity contribution in [3.63, 3.8) is 0 Å². The number of primary amides is 1. The average molecular weight is 343 g/mol. The van der Waals surface area contributed by atoms with E-state index in [1.165, 1.54) is 4.68 Å². The van der Waals surface area contributed by atoms with E-state index in [9.17, 15) is 9.90 Å². The highest BCUT2D eigenvalue weighted by molar-refractivity contribution is 7.08. The van der Waals surface area contributed by atoms with E-state index in [1.54, 1.807) is 17.4 Å². The molecule has 0 spiro atoms. The SMILES string of the molecule is NC(=O)Cn1nc(CO)cc1OCc1ccccc1-c1ccsc1. The first-order chi connectivity index (χ1) is 11.7. The molecular weight excluding hydrogens is 326 g/mol. The topological polar surface area (TPSA) is 90.4 Å². The summed E-state index contributed by atoms with van der Waals surface area (Å²) in [6.07, 6.45) is 0. The van der Waals surface area contributed by atoms with Crippen molar-refractivity contribution in [1.29, 1.82) is 0 Å². The van der Waals surface area contributed by atoms with Gasteiger partial charge in [0.25, 0.3) is 0 Å². The number of aromatic nitrogens is 2. The van der Waals surface area contributed by atoms with Gasteiger partial charge in [0, 0.05) is 6.07 Å². The van der Waals surface area contributed by atoms with Gasteiger partial charge >= 0.3 is 0 Å². The molecule has 3 N–H and O–H groups in total. The molecule has 24 heavy (non-hydrogen) atoms. The highest BCUT2D eigenvalue weighted by atomic mass is 32.1.